The fraction of sp³-hybridized carbons (Fsp3) is 0.429. The molecule has 108 valence electrons. The number of methoxy groups -OCH3 is 1. The minimum Gasteiger partial charge on any atom is -0.497 e. The zero-order chi connectivity index (χ0) is 14.5. The molecule has 6 heteroatoms. The van der Waals surface area contributed by atoms with Gasteiger partial charge in [0.15, 0.2) is 0 Å². The summed E-state index contributed by atoms with van der Waals surface area (Å²) in [4.78, 5) is 27.7. The molecule has 0 aromatic heterocycles. The van der Waals surface area contributed by atoms with E-state index in [1.807, 2.05) is 24.3 Å². The van der Waals surface area contributed by atoms with Crippen molar-refractivity contribution in [2.75, 3.05) is 13.7 Å². The molecule has 1 heterocycles. The Morgan fingerprint density at radius 1 is 1.40 bits per heavy atom. The van der Waals surface area contributed by atoms with Crippen LogP contribution in [-0.4, -0.2) is 35.8 Å². The number of thioether (sulfide) groups is 1. The van der Waals surface area contributed by atoms with Gasteiger partial charge in [-0.25, -0.2) is 4.79 Å². The molecule has 0 N–H and O–H groups in total. The van der Waals surface area contributed by atoms with Crippen LogP contribution in [0, 0.1) is 0 Å². The van der Waals surface area contributed by atoms with Gasteiger partial charge in [-0.3, -0.25) is 4.79 Å². The van der Waals surface area contributed by atoms with Crippen molar-refractivity contribution in [1.29, 1.82) is 0 Å². The summed E-state index contributed by atoms with van der Waals surface area (Å²) in [5.41, 5.74) is 1.13. The molecule has 0 spiro atoms. The molecular weight excluding hydrogens is 278 g/mol. The van der Waals surface area contributed by atoms with Crippen LogP contribution < -0.4 is 4.74 Å². The SMILES string of the molecule is CCC(=O)ON1CC(SCc2ccc(OC)cc2)C1=O. The first-order valence-corrected chi connectivity index (χ1v) is 7.45. The van der Waals surface area contributed by atoms with E-state index in [2.05, 4.69) is 0 Å². The van der Waals surface area contributed by atoms with Gasteiger partial charge in [0, 0.05) is 12.2 Å². The minimum absolute atomic E-state index is 0.123. The van der Waals surface area contributed by atoms with Crippen molar-refractivity contribution in [3.05, 3.63) is 29.8 Å². The van der Waals surface area contributed by atoms with Gasteiger partial charge in [-0.1, -0.05) is 19.1 Å². The summed E-state index contributed by atoms with van der Waals surface area (Å²) >= 11 is 1.55. The van der Waals surface area contributed by atoms with Crippen LogP contribution in [0.4, 0.5) is 0 Å². The third kappa shape index (κ3) is 3.45. The lowest BCUT2D eigenvalue weighted by Crippen LogP contribution is -2.55. The van der Waals surface area contributed by atoms with Gasteiger partial charge < -0.3 is 9.57 Å². The van der Waals surface area contributed by atoms with Gasteiger partial charge >= 0.3 is 5.97 Å². The number of ether oxygens (including phenoxy) is 1. The molecular formula is C14H17NO4S. The topological polar surface area (TPSA) is 55.8 Å². The number of β-lactam (4-membered cyclic amide) rings is 1. The van der Waals surface area contributed by atoms with Crippen molar-refractivity contribution in [2.24, 2.45) is 0 Å². The predicted octanol–water partition coefficient (Wildman–Crippen LogP) is 2.01. The fourth-order valence-electron chi connectivity index (χ4n) is 1.68. The number of carbonyl (C=O) groups is 2. The lowest BCUT2D eigenvalue weighted by Gasteiger charge is -2.35. The average Bonchev–Trinajstić information content (AvgIpc) is 2.49. The van der Waals surface area contributed by atoms with Crippen LogP contribution in [0.25, 0.3) is 0 Å². The molecule has 20 heavy (non-hydrogen) atoms. The molecule has 0 aliphatic carbocycles. The zero-order valence-electron chi connectivity index (χ0n) is 11.5. The summed E-state index contributed by atoms with van der Waals surface area (Å²) in [6.45, 7) is 2.16. The van der Waals surface area contributed by atoms with E-state index in [1.54, 1.807) is 25.8 Å². The molecule has 1 aliphatic rings. The van der Waals surface area contributed by atoms with Gasteiger partial charge in [-0.15, -0.1) is 11.8 Å². The molecule has 0 radical (unpaired) electrons. The van der Waals surface area contributed by atoms with E-state index in [9.17, 15) is 9.59 Å². The molecule has 1 aromatic rings. The van der Waals surface area contributed by atoms with Crippen LogP contribution in [0.15, 0.2) is 24.3 Å². The van der Waals surface area contributed by atoms with Crippen LogP contribution in [0.2, 0.25) is 0 Å². The molecule has 1 aliphatic heterocycles. The maximum atomic E-state index is 11.7. The Morgan fingerprint density at radius 2 is 2.10 bits per heavy atom. The van der Waals surface area contributed by atoms with Crippen LogP contribution in [-0.2, 0) is 20.2 Å². The van der Waals surface area contributed by atoms with Gasteiger partial charge in [0.05, 0.1) is 13.7 Å². The molecule has 0 bridgehead atoms. The first kappa shape index (κ1) is 14.7. The van der Waals surface area contributed by atoms with E-state index in [1.165, 1.54) is 0 Å². The Morgan fingerprint density at radius 3 is 2.65 bits per heavy atom. The van der Waals surface area contributed by atoms with E-state index < -0.39 is 0 Å². The first-order chi connectivity index (χ1) is 9.63. The Balaban J connectivity index is 1.76. The van der Waals surface area contributed by atoms with Crippen LogP contribution in [0.5, 0.6) is 5.75 Å². The highest BCUT2D eigenvalue weighted by molar-refractivity contribution is 8.00. The molecule has 1 saturated heterocycles. The largest absolute Gasteiger partial charge is 0.497 e. The van der Waals surface area contributed by atoms with Crippen molar-refractivity contribution in [2.45, 2.75) is 24.3 Å². The molecule has 1 unspecified atom stereocenters. The maximum Gasteiger partial charge on any atom is 0.332 e. The molecule has 1 atom stereocenters. The summed E-state index contributed by atoms with van der Waals surface area (Å²) in [6.07, 6.45) is 0.271. The zero-order valence-corrected chi connectivity index (χ0v) is 12.3. The van der Waals surface area contributed by atoms with Crippen LogP contribution >= 0.6 is 11.8 Å². The van der Waals surface area contributed by atoms with Crippen molar-refractivity contribution in [3.8, 4) is 5.75 Å². The normalized spacial score (nSPS) is 17.6. The predicted molar refractivity (Wildman–Crippen MR) is 76.2 cm³/mol. The first-order valence-electron chi connectivity index (χ1n) is 6.40. The van der Waals surface area contributed by atoms with E-state index in [0.717, 1.165) is 22.1 Å². The number of hydrogen-bond acceptors (Lipinski definition) is 5. The number of benzene rings is 1. The maximum absolute atomic E-state index is 11.7. The molecule has 5 nitrogen and oxygen atoms in total. The number of carbonyl (C=O) groups excluding carboxylic acids is 2. The van der Waals surface area contributed by atoms with Gasteiger partial charge in [0.1, 0.15) is 11.0 Å². The van der Waals surface area contributed by atoms with Gasteiger partial charge in [0.2, 0.25) is 0 Å². The van der Waals surface area contributed by atoms with Crippen LogP contribution in [0.3, 0.4) is 0 Å². The lowest BCUT2D eigenvalue weighted by atomic mass is 10.2. The number of rotatable bonds is 6. The third-order valence-corrected chi connectivity index (χ3v) is 4.22. The van der Waals surface area contributed by atoms with E-state index >= 15 is 0 Å². The quantitative estimate of drug-likeness (QED) is 0.751. The highest BCUT2D eigenvalue weighted by atomic mass is 32.2. The molecule has 0 saturated carbocycles. The number of hydroxylamine groups is 2. The van der Waals surface area contributed by atoms with Crippen molar-refractivity contribution < 1.29 is 19.2 Å². The highest BCUT2D eigenvalue weighted by Gasteiger charge is 2.39. The number of nitrogens with zero attached hydrogens (tertiary/aromatic N) is 1. The Hall–Kier alpha value is -1.69. The molecule has 1 aromatic carbocycles. The monoisotopic (exact) mass is 295 g/mol. The van der Waals surface area contributed by atoms with Crippen molar-refractivity contribution in [3.63, 3.8) is 0 Å². The van der Waals surface area contributed by atoms with Gasteiger partial charge in [0.25, 0.3) is 5.91 Å². The fourth-order valence-corrected chi connectivity index (χ4v) is 2.77. The smallest absolute Gasteiger partial charge is 0.332 e. The van der Waals surface area contributed by atoms with E-state index in [4.69, 9.17) is 9.57 Å². The summed E-state index contributed by atoms with van der Waals surface area (Å²) in [6, 6.07) is 7.75. The average molecular weight is 295 g/mol. The number of amides is 1. The minimum atomic E-state index is -0.378. The second-order valence-corrected chi connectivity index (χ2v) is 5.55. The number of hydrogen-bond donors (Lipinski definition) is 0. The Bertz CT molecular complexity index is 488. The van der Waals surface area contributed by atoms with E-state index in [0.29, 0.717) is 6.54 Å². The molecule has 1 amide bonds. The van der Waals surface area contributed by atoms with Crippen molar-refractivity contribution >= 4 is 23.6 Å². The lowest BCUT2D eigenvalue weighted by molar-refractivity contribution is -0.210. The summed E-state index contributed by atoms with van der Waals surface area (Å²) in [5.74, 6) is 1.05. The summed E-state index contributed by atoms with van der Waals surface area (Å²) in [5, 5.41) is 1.01. The van der Waals surface area contributed by atoms with E-state index in [-0.39, 0.29) is 23.5 Å². The second-order valence-electron chi connectivity index (χ2n) is 4.36. The van der Waals surface area contributed by atoms with Gasteiger partial charge in [-0.05, 0) is 17.7 Å². The van der Waals surface area contributed by atoms with Crippen LogP contribution in [0.1, 0.15) is 18.9 Å². The Kier molecular flexibility index (Phi) is 4.89. The summed E-state index contributed by atoms with van der Waals surface area (Å²) < 4.78 is 5.09. The standard InChI is InChI=1S/C14H17NO4S/c1-3-13(16)19-15-8-12(14(15)17)20-9-10-4-6-11(18-2)7-5-10/h4-7,12H,3,8-9H2,1-2H3. The second kappa shape index (κ2) is 6.65. The molecule has 2 rings (SSSR count). The highest BCUT2D eigenvalue weighted by Crippen LogP contribution is 2.28. The summed E-state index contributed by atoms with van der Waals surface area (Å²) in [7, 11) is 1.63. The Labute approximate surface area is 122 Å². The molecule has 1 fully saturated rings. The van der Waals surface area contributed by atoms with Gasteiger partial charge in [-0.2, -0.15) is 5.06 Å². The van der Waals surface area contributed by atoms with Crippen molar-refractivity contribution in [1.82, 2.24) is 5.06 Å². The third-order valence-electron chi connectivity index (χ3n) is 2.96.